The van der Waals surface area contributed by atoms with E-state index < -0.39 is 11.4 Å². The molecule has 1 atom stereocenters. The topological polar surface area (TPSA) is 61.0 Å². The van der Waals surface area contributed by atoms with Crippen LogP contribution in [0.2, 0.25) is 0 Å². The minimum atomic E-state index is -0.539. The van der Waals surface area contributed by atoms with Crippen LogP contribution < -0.4 is 5.73 Å². The largest absolute Gasteiger partial charge is 0.381 e. The Labute approximate surface area is 94.0 Å². The van der Waals surface area contributed by atoms with E-state index in [-0.39, 0.29) is 11.5 Å². The molecule has 0 aliphatic carbocycles. The van der Waals surface area contributed by atoms with Crippen molar-refractivity contribution >= 4 is 5.82 Å². The van der Waals surface area contributed by atoms with Gasteiger partial charge in [0.05, 0.1) is 5.69 Å². The van der Waals surface area contributed by atoms with Crippen LogP contribution in [0.3, 0.4) is 0 Å². The van der Waals surface area contributed by atoms with E-state index >= 15 is 0 Å². The molecular weight excluding hydrogens is 209 g/mol. The highest BCUT2D eigenvalue weighted by atomic mass is 19.1. The first kappa shape index (κ1) is 11.3. The van der Waals surface area contributed by atoms with Crippen molar-refractivity contribution in [3.8, 4) is 0 Å². The Bertz CT molecular complexity index is 379. The third-order valence-electron chi connectivity index (χ3n) is 2.98. The molecule has 1 aromatic rings. The van der Waals surface area contributed by atoms with Crippen LogP contribution >= 0.6 is 0 Å². The molecule has 1 aliphatic rings. The van der Waals surface area contributed by atoms with Gasteiger partial charge in [-0.1, -0.05) is 0 Å². The number of aryl methyl sites for hydroxylation is 1. The van der Waals surface area contributed by atoms with E-state index in [1.165, 1.54) is 0 Å². The number of hydrogen-bond donors (Lipinski definition) is 1. The van der Waals surface area contributed by atoms with Crippen LogP contribution in [0.25, 0.3) is 0 Å². The summed E-state index contributed by atoms with van der Waals surface area (Å²) in [7, 11) is 0. The Morgan fingerprint density at radius 1 is 1.38 bits per heavy atom. The van der Waals surface area contributed by atoms with Gasteiger partial charge in [0.15, 0.2) is 17.5 Å². The van der Waals surface area contributed by atoms with Crippen molar-refractivity contribution in [2.45, 2.75) is 38.7 Å². The molecule has 16 heavy (non-hydrogen) atoms. The fraction of sp³-hybridized carbons (Fsp3) is 0.636. The number of ether oxygens (including phenoxy) is 1. The van der Waals surface area contributed by atoms with Gasteiger partial charge in [-0.3, -0.25) is 0 Å². The molecule has 1 unspecified atom stereocenters. The van der Waals surface area contributed by atoms with Crippen molar-refractivity contribution in [2.75, 3.05) is 12.3 Å². The molecule has 2 rings (SSSR count). The second-order valence-corrected chi connectivity index (χ2v) is 4.37. The van der Waals surface area contributed by atoms with Gasteiger partial charge >= 0.3 is 0 Å². The van der Waals surface area contributed by atoms with E-state index in [1.807, 2.05) is 6.92 Å². The lowest BCUT2D eigenvalue weighted by atomic mass is 9.95. The summed E-state index contributed by atoms with van der Waals surface area (Å²) in [5.74, 6) is -0.148. The Balaban J connectivity index is 2.39. The lowest BCUT2D eigenvalue weighted by Crippen LogP contribution is -2.33. The molecule has 0 amide bonds. The van der Waals surface area contributed by atoms with Gasteiger partial charge in [0, 0.05) is 6.61 Å². The van der Waals surface area contributed by atoms with Crippen LogP contribution in [-0.2, 0) is 10.3 Å². The normalized spacial score (nSPS) is 25.7. The third-order valence-corrected chi connectivity index (χ3v) is 2.98. The second kappa shape index (κ2) is 3.97. The lowest BCUT2D eigenvalue weighted by molar-refractivity contribution is -0.0761. The van der Waals surface area contributed by atoms with Crippen LogP contribution in [0.4, 0.5) is 10.2 Å². The molecule has 0 spiro atoms. The Morgan fingerprint density at radius 3 is 2.69 bits per heavy atom. The monoisotopic (exact) mass is 225 g/mol. The van der Waals surface area contributed by atoms with E-state index in [0.29, 0.717) is 12.4 Å². The first-order valence-corrected chi connectivity index (χ1v) is 5.47. The number of aromatic nitrogens is 2. The zero-order valence-corrected chi connectivity index (χ0v) is 9.59. The summed E-state index contributed by atoms with van der Waals surface area (Å²) >= 11 is 0. The molecule has 1 fully saturated rings. The van der Waals surface area contributed by atoms with Crippen LogP contribution in [0, 0.1) is 12.7 Å². The van der Waals surface area contributed by atoms with E-state index in [2.05, 4.69) is 9.97 Å². The fourth-order valence-electron chi connectivity index (χ4n) is 1.93. The maximum atomic E-state index is 13.3. The standard InChI is InChI=1S/C11H16FN3O/c1-7-8(12)9(13)15-10(14-7)11(2)5-3-4-6-16-11/h3-6H2,1-2H3,(H2,13,14,15). The molecule has 2 N–H and O–H groups in total. The summed E-state index contributed by atoms with van der Waals surface area (Å²) in [5.41, 5.74) is 5.26. The van der Waals surface area contributed by atoms with Crippen LogP contribution in [-0.4, -0.2) is 16.6 Å². The lowest BCUT2D eigenvalue weighted by Gasteiger charge is -2.32. The molecule has 4 nitrogen and oxygen atoms in total. The number of nitrogens with two attached hydrogens (primary N) is 1. The molecule has 0 radical (unpaired) electrons. The molecule has 1 saturated heterocycles. The van der Waals surface area contributed by atoms with Crippen molar-refractivity contribution in [1.29, 1.82) is 0 Å². The SMILES string of the molecule is Cc1nc(C2(C)CCCCO2)nc(N)c1F. The predicted molar refractivity (Wildman–Crippen MR) is 58.3 cm³/mol. The highest BCUT2D eigenvalue weighted by Gasteiger charge is 2.33. The number of anilines is 1. The quantitative estimate of drug-likeness (QED) is 0.793. The number of nitrogen functional groups attached to an aromatic ring is 1. The Kier molecular flexibility index (Phi) is 2.80. The van der Waals surface area contributed by atoms with Crippen molar-refractivity contribution in [2.24, 2.45) is 0 Å². The van der Waals surface area contributed by atoms with Crippen molar-refractivity contribution in [1.82, 2.24) is 9.97 Å². The van der Waals surface area contributed by atoms with Crippen LogP contribution in [0.15, 0.2) is 0 Å². The van der Waals surface area contributed by atoms with Gasteiger partial charge in [0.2, 0.25) is 0 Å². The van der Waals surface area contributed by atoms with Crippen LogP contribution in [0.5, 0.6) is 0 Å². The van der Waals surface area contributed by atoms with Crippen molar-refractivity contribution in [3.05, 3.63) is 17.3 Å². The Morgan fingerprint density at radius 2 is 2.12 bits per heavy atom. The maximum Gasteiger partial charge on any atom is 0.186 e. The van der Waals surface area contributed by atoms with Gasteiger partial charge in [-0.2, -0.15) is 0 Å². The number of nitrogens with zero attached hydrogens (tertiary/aromatic N) is 2. The maximum absolute atomic E-state index is 13.3. The summed E-state index contributed by atoms with van der Waals surface area (Å²) in [6.07, 6.45) is 2.96. The molecule has 0 aromatic carbocycles. The summed E-state index contributed by atoms with van der Waals surface area (Å²) in [6, 6.07) is 0. The summed E-state index contributed by atoms with van der Waals surface area (Å²) in [5, 5.41) is 0. The molecule has 5 heteroatoms. The highest BCUT2D eigenvalue weighted by molar-refractivity contribution is 5.33. The smallest absolute Gasteiger partial charge is 0.186 e. The van der Waals surface area contributed by atoms with Crippen LogP contribution in [0.1, 0.15) is 37.7 Å². The second-order valence-electron chi connectivity index (χ2n) is 4.37. The number of hydrogen-bond acceptors (Lipinski definition) is 4. The Hall–Kier alpha value is -1.23. The van der Waals surface area contributed by atoms with Gasteiger partial charge < -0.3 is 10.5 Å². The van der Waals surface area contributed by atoms with E-state index in [1.54, 1.807) is 6.92 Å². The van der Waals surface area contributed by atoms with E-state index in [9.17, 15) is 4.39 Å². The van der Waals surface area contributed by atoms with Gasteiger partial charge in [-0.25, -0.2) is 14.4 Å². The summed E-state index contributed by atoms with van der Waals surface area (Å²) in [6.45, 7) is 4.21. The number of halogens is 1. The molecule has 1 aromatic heterocycles. The average Bonchev–Trinajstić information content (AvgIpc) is 2.26. The first-order chi connectivity index (χ1) is 7.53. The number of rotatable bonds is 1. The zero-order chi connectivity index (χ0) is 11.8. The molecule has 0 saturated carbocycles. The first-order valence-electron chi connectivity index (χ1n) is 5.47. The minimum Gasteiger partial charge on any atom is -0.381 e. The molecule has 1 aliphatic heterocycles. The predicted octanol–water partition coefficient (Wildman–Crippen LogP) is 1.92. The molecule has 88 valence electrons. The van der Waals surface area contributed by atoms with Gasteiger partial charge in [0.25, 0.3) is 0 Å². The molecular formula is C11H16FN3O. The molecule has 2 heterocycles. The fourth-order valence-corrected chi connectivity index (χ4v) is 1.93. The third kappa shape index (κ3) is 1.87. The van der Waals surface area contributed by atoms with Gasteiger partial charge in [-0.15, -0.1) is 0 Å². The van der Waals surface area contributed by atoms with Gasteiger partial charge in [0.1, 0.15) is 5.60 Å². The molecule has 0 bridgehead atoms. The minimum absolute atomic E-state index is 0.0992. The van der Waals surface area contributed by atoms with Crippen molar-refractivity contribution < 1.29 is 9.13 Å². The highest BCUT2D eigenvalue weighted by Crippen LogP contribution is 2.33. The van der Waals surface area contributed by atoms with E-state index in [4.69, 9.17) is 10.5 Å². The van der Waals surface area contributed by atoms with Crippen molar-refractivity contribution in [3.63, 3.8) is 0 Å². The summed E-state index contributed by atoms with van der Waals surface area (Å²) in [4.78, 5) is 8.13. The summed E-state index contributed by atoms with van der Waals surface area (Å²) < 4.78 is 19.0. The zero-order valence-electron chi connectivity index (χ0n) is 9.59. The van der Waals surface area contributed by atoms with Gasteiger partial charge in [-0.05, 0) is 33.1 Å². The van der Waals surface area contributed by atoms with E-state index in [0.717, 1.165) is 19.3 Å². The average molecular weight is 225 g/mol.